The molecule has 1 heterocycles. The molecule has 1 unspecified atom stereocenters. The second-order valence-electron chi connectivity index (χ2n) is 3.37. The molecule has 0 aliphatic carbocycles. The summed E-state index contributed by atoms with van der Waals surface area (Å²) in [6, 6.07) is 5.65. The first kappa shape index (κ1) is 10.5. The number of nitrogens with zero attached hydrogens (tertiary/aromatic N) is 2. The Bertz CT molecular complexity index is 431. The SMILES string of the molecule is O=C1CNC(c2ccc([N+](=O)[O-])cc2)N1O. The minimum absolute atomic E-state index is 0.0300. The number of hydrogen-bond acceptors (Lipinski definition) is 5. The number of amides is 1. The van der Waals surface area contributed by atoms with Crippen LogP contribution in [0.5, 0.6) is 0 Å². The lowest BCUT2D eigenvalue weighted by molar-refractivity contribution is -0.384. The molecule has 1 atom stereocenters. The largest absolute Gasteiger partial charge is 0.284 e. The minimum atomic E-state index is -0.631. The second-order valence-corrected chi connectivity index (χ2v) is 3.37. The van der Waals surface area contributed by atoms with Crippen LogP contribution in [-0.4, -0.2) is 27.6 Å². The summed E-state index contributed by atoms with van der Waals surface area (Å²) in [6.07, 6.45) is -0.631. The quantitative estimate of drug-likeness (QED) is 0.430. The highest BCUT2D eigenvalue weighted by Gasteiger charge is 2.30. The number of rotatable bonds is 2. The average Bonchev–Trinajstić information content (AvgIpc) is 2.60. The van der Waals surface area contributed by atoms with Gasteiger partial charge in [-0.05, 0) is 17.7 Å². The van der Waals surface area contributed by atoms with Crippen molar-refractivity contribution in [1.29, 1.82) is 0 Å². The van der Waals surface area contributed by atoms with Crippen molar-refractivity contribution in [1.82, 2.24) is 10.4 Å². The van der Waals surface area contributed by atoms with E-state index in [2.05, 4.69) is 5.32 Å². The van der Waals surface area contributed by atoms with Gasteiger partial charge in [0.1, 0.15) is 6.17 Å². The molecule has 0 saturated carbocycles. The van der Waals surface area contributed by atoms with Gasteiger partial charge in [-0.1, -0.05) is 0 Å². The third-order valence-electron chi connectivity index (χ3n) is 2.37. The van der Waals surface area contributed by atoms with Gasteiger partial charge in [0.15, 0.2) is 0 Å². The van der Waals surface area contributed by atoms with Gasteiger partial charge in [0.25, 0.3) is 11.6 Å². The molecule has 7 nitrogen and oxygen atoms in total. The molecule has 0 aromatic heterocycles. The highest BCUT2D eigenvalue weighted by atomic mass is 16.6. The smallest absolute Gasteiger partial charge is 0.269 e. The summed E-state index contributed by atoms with van der Waals surface area (Å²) in [5.74, 6) is -0.427. The highest BCUT2D eigenvalue weighted by Crippen LogP contribution is 2.22. The molecule has 2 rings (SSSR count). The van der Waals surface area contributed by atoms with Gasteiger partial charge < -0.3 is 0 Å². The first-order valence-corrected chi connectivity index (χ1v) is 4.58. The van der Waals surface area contributed by atoms with Gasteiger partial charge in [-0.15, -0.1) is 0 Å². The number of hydroxylamine groups is 2. The van der Waals surface area contributed by atoms with Crippen LogP contribution in [0.1, 0.15) is 11.7 Å². The maximum absolute atomic E-state index is 11.0. The number of nitro benzene ring substituents is 1. The molecule has 0 bridgehead atoms. The molecule has 84 valence electrons. The van der Waals surface area contributed by atoms with E-state index in [9.17, 15) is 20.1 Å². The maximum Gasteiger partial charge on any atom is 0.269 e. The number of non-ortho nitro benzene ring substituents is 1. The Kier molecular flexibility index (Phi) is 2.55. The van der Waals surface area contributed by atoms with Crippen molar-refractivity contribution < 1.29 is 14.9 Å². The molecule has 1 aliphatic rings. The van der Waals surface area contributed by atoms with E-state index in [0.29, 0.717) is 10.6 Å². The molecule has 0 spiro atoms. The van der Waals surface area contributed by atoms with E-state index in [1.165, 1.54) is 24.3 Å². The molecule has 1 aromatic rings. The number of benzene rings is 1. The predicted octanol–water partition coefficient (Wildman–Crippen LogP) is 0.414. The predicted molar refractivity (Wildman–Crippen MR) is 52.5 cm³/mol. The van der Waals surface area contributed by atoms with Crippen molar-refractivity contribution in [2.75, 3.05) is 6.54 Å². The lowest BCUT2D eigenvalue weighted by Crippen LogP contribution is -2.26. The summed E-state index contributed by atoms with van der Waals surface area (Å²) in [6.45, 7) is 0.0537. The van der Waals surface area contributed by atoms with E-state index in [1.54, 1.807) is 0 Å². The Labute approximate surface area is 90.4 Å². The maximum atomic E-state index is 11.0. The van der Waals surface area contributed by atoms with Crippen LogP contribution in [0.15, 0.2) is 24.3 Å². The fraction of sp³-hybridized carbons (Fsp3) is 0.222. The number of carbonyl (C=O) groups excluding carboxylic acids is 1. The Morgan fingerprint density at radius 1 is 1.44 bits per heavy atom. The summed E-state index contributed by atoms with van der Waals surface area (Å²) in [7, 11) is 0. The van der Waals surface area contributed by atoms with Gasteiger partial charge in [0.05, 0.1) is 11.5 Å². The standard InChI is InChI=1S/C9H9N3O4/c13-8-5-10-9(11(8)14)6-1-3-7(4-2-6)12(15)16/h1-4,9-10,14H,5H2. The molecule has 0 radical (unpaired) electrons. The molecule has 1 aromatic carbocycles. The summed E-state index contributed by atoms with van der Waals surface area (Å²) in [5.41, 5.74) is 0.566. The monoisotopic (exact) mass is 223 g/mol. The van der Waals surface area contributed by atoms with E-state index < -0.39 is 17.0 Å². The van der Waals surface area contributed by atoms with Crippen LogP contribution < -0.4 is 5.32 Å². The summed E-state index contributed by atoms with van der Waals surface area (Å²) in [5, 5.41) is 23.2. The lowest BCUT2D eigenvalue weighted by Gasteiger charge is -2.17. The molecular formula is C9H9N3O4. The fourth-order valence-corrected chi connectivity index (χ4v) is 1.53. The fourth-order valence-electron chi connectivity index (χ4n) is 1.53. The minimum Gasteiger partial charge on any atom is -0.284 e. The van der Waals surface area contributed by atoms with Gasteiger partial charge in [-0.2, -0.15) is 0 Å². The van der Waals surface area contributed by atoms with E-state index >= 15 is 0 Å². The Hall–Kier alpha value is -1.99. The Morgan fingerprint density at radius 3 is 2.50 bits per heavy atom. The molecular weight excluding hydrogens is 214 g/mol. The normalized spacial score (nSPS) is 20.2. The van der Waals surface area contributed by atoms with Gasteiger partial charge in [0.2, 0.25) is 0 Å². The topological polar surface area (TPSA) is 95.7 Å². The molecule has 1 fully saturated rings. The van der Waals surface area contributed by atoms with Crippen molar-refractivity contribution in [3.05, 3.63) is 39.9 Å². The van der Waals surface area contributed by atoms with Gasteiger partial charge in [0, 0.05) is 12.1 Å². The van der Waals surface area contributed by atoms with Gasteiger partial charge >= 0.3 is 0 Å². The lowest BCUT2D eigenvalue weighted by atomic mass is 10.1. The van der Waals surface area contributed by atoms with E-state index in [1.807, 2.05) is 0 Å². The van der Waals surface area contributed by atoms with Crippen LogP contribution in [-0.2, 0) is 4.79 Å². The molecule has 7 heteroatoms. The van der Waals surface area contributed by atoms with Crippen LogP contribution in [0.2, 0.25) is 0 Å². The summed E-state index contributed by atoms with van der Waals surface area (Å²) in [4.78, 5) is 21.0. The molecule has 1 amide bonds. The van der Waals surface area contributed by atoms with Crippen LogP contribution in [0, 0.1) is 10.1 Å². The Morgan fingerprint density at radius 2 is 2.06 bits per heavy atom. The zero-order chi connectivity index (χ0) is 11.7. The molecule has 16 heavy (non-hydrogen) atoms. The van der Waals surface area contributed by atoms with Crippen molar-refractivity contribution in [2.45, 2.75) is 6.17 Å². The van der Waals surface area contributed by atoms with Crippen LogP contribution in [0.4, 0.5) is 5.69 Å². The van der Waals surface area contributed by atoms with Crippen molar-refractivity contribution in [2.24, 2.45) is 0 Å². The van der Waals surface area contributed by atoms with Crippen molar-refractivity contribution in [3.63, 3.8) is 0 Å². The first-order chi connectivity index (χ1) is 7.59. The number of nitrogens with one attached hydrogen (secondary N) is 1. The molecule has 2 N–H and O–H groups in total. The van der Waals surface area contributed by atoms with Crippen molar-refractivity contribution in [3.8, 4) is 0 Å². The van der Waals surface area contributed by atoms with E-state index in [4.69, 9.17) is 0 Å². The van der Waals surface area contributed by atoms with Crippen LogP contribution >= 0.6 is 0 Å². The first-order valence-electron chi connectivity index (χ1n) is 4.58. The number of nitro groups is 1. The highest BCUT2D eigenvalue weighted by molar-refractivity contribution is 5.79. The third kappa shape index (κ3) is 1.73. The van der Waals surface area contributed by atoms with E-state index in [0.717, 1.165) is 0 Å². The zero-order valence-electron chi connectivity index (χ0n) is 8.16. The summed E-state index contributed by atoms with van der Waals surface area (Å²) < 4.78 is 0. The van der Waals surface area contributed by atoms with Gasteiger partial charge in [-0.3, -0.25) is 25.4 Å². The number of hydrogen-bond donors (Lipinski definition) is 2. The van der Waals surface area contributed by atoms with Gasteiger partial charge in [-0.25, -0.2) is 5.06 Å². The number of carbonyl (C=O) groups is 1. The summed E-state index contributed by atoms with van der Waals surface area (Å²) >= 11 is 0. The van der Waals surface area contributed by atoms with Crippen LogP contribution in [0.3, 0.4) is 0 Å². The van der Waals surface area contributed by atoms with Crippen molar-refractivity contribution >= 4 is 11.6 Å². The third-order valence-corrected chi connectivity index (χ3v) is 2.37. The Balaban J connectivity index is 2.22. The molecule has 1 saturated heterocycles. The average molecular weight is 223 g/mol. The molecule has 1 aliphatic heterocycles. The zero-order valence-corrected chi connectivity index (χ0v) is 8.16. The second kappa shape index (κ2) is 3.87. The van der Waals surface area contributed by atoms with E-state index in [-0.39, 0.29) is 12.2 Å². The van der Waals surface area contributed by atoms with Crippen LogP contribution in [0.25, 0.3) is 0 Å².